The lowest BCUT2D eigenvalue weighted by molar-refractivity contribution is -0.140. The molecule has 0 unspecified atom stereocenters. The van der Waals surface area contributed by atoms with E-state index in [9.17, 15) is 9.59 Å². The summed E-state index contributed by atoms with van der Waals surface area (Å²) in [5.74, 6) is 0.0497. The number of carbonyl (C=O) groups excluding carboxylic acids is 2. The number of hydrogen-bond acceptors (Lipinski definition) is 4. The second-order valence-electron chi connectivity index (χ2n) is 6.31. The molecule has 23 heavy (non-hydrogen) atoms. The molecule has 2 atom stereocenters. The van der Waals surface area contributed by atoms with E-state index in [0.29, 0.717) is 22.0 Å². The second kappa shape index (κ2) is 7.43. The predicted molar refractivity (Wildman–Crippen MR) is 88.9 cm³/mol. The zero-order valence-electron chi connectivity index (χ0n) is 13.0. The summed E-state index contributed by atoms with van der Waals surface area (Å²) in [6, 6.07) is 1.98. The number of halogens is 1. The van der Waals surface area contributed by atoms with Crippen LogP contribution in [0.25, 0.3) is 0 Å². The monoisotopic (exact) mass is 380 g/mol. The van der Waals surface area contributed by atoms with E-state index < -0.39 is 5.97 Å². The summed E-state index contributed by atoms with van der Waals surface area (Å²) in [6.45, 7) is 0.602. The van der Waals surface area contributed by atoms with Gasteiger partial charge in [0.15, 0.2) is 6.61 Å². The molecular weight excluding hydrogens is 360 g/mol. The third-order valence-corrected chi connectivity index (χ3v) is 5.26. The molecule has 5 nitrogen and oxygen atoms in total. The number of carbonyl (C=O) groups is 2. The van der Waals surface area contributed by atoms with Crippen molar-refractivity contribution in [2.45, 2.75) is 44.6 Å². The summed E-state index contributed by atoms with van der Waals surface area (Å²) in [4.78, 5) is 30.4. The minimum atomic E-state index is -0.510. The highest BCUT2D eigenvalue weighted by atomic mass is 79.9. The van der Waals surface area contributed by atoms with Gasteiger partial charge >= 0.3 is 5.97 Å². The standard InChI is InChI=1S/C17H21BrN2O3/c18-14-8-13(9-19-10-14)17(22)23-11-16(21)20-7-3-5-12-4-1-2-6-15(12)20/h8-10,12,15H,1-7,11H2/t12-,15+/m0/s1. The molecule has 1 amide bonds. The van der Waals surface area contributed by atoms with Crippen molar-refractivity contribution in [1.82, 2.24) is 9.88 Å². The van der Waals surface area contributed by atoms with Crippen LogP contribution in [0.5, 0.6) is 0 Å². The van der Waals surface area contributed by atoms with Crippen LogP contribution in [0, 0.1) is 5.92 Å². The summed E-state index contributed by atoms with van der Waals surface area (Å²) in [7, 11) is 0. The van der Waals surface area contributed by atoms with Crippen LogP contribution in [0.15, 0.2) is 22.9 Å². The predicted octanol–water partition coefficient (Wildman–Crippen LogP) is 3.18. The Kier molecular flexibility index (Phi) is 5.30. The van der Waals surface area contributed by atoms with E-state index in [2.05, 4.69) is 20.9 Å². The number of pyridine rings is 1. The van der Waals surface area contributed by atoms with Gasteiger partial charge in [-0.25, -0.2) is 4.79 Å². The number of hydrogen-bond donors (Lipinski definition) is 0. The number of amides is 1. The fourth-order valence-electron chi connectivity index (χ4n) is 3.75. The van der Waals surface area contributed by atoms with Crippen LogP contribution in [0.4, 0.5) is 0 Å². The smallest absolute Gasteiger partial charge is 0.340 e. The Morgan fingerprint density at radius 1 is 1.22 bits per heavy atom. The second-order valence-corrected chi connectivity index (χ2v) is 7.22. The van der Waals surface area contributed by atoms with Crippen molar-refractivity contribution in [2.24, 2.45) is 5.92 Å². The van der Waals surface area contributed by atoms with Crippen LogP contribution in [-0.2, 0) is 9.53 Å². The summed E-state index contributed by atoms with van der Waals surface area (Å²) < 4.78 is 5.89. The van der Waals surface area contributed by atoms with E-state index in [4.69, 9.17) is 4.74 Å². The van der Waals surface area contributed by atoms with Gasteiger partial charge in [0.25, 0.3) is 5.91 Å². The Morgan fingerprint density at radius 3 is 2.83 bits per heavy atom. The molecule has 0 bridgehead atoms. The summed E-state index contributed by atoms with van der Waals surface area (Å²) in [5.41, 5.74) is 0.348. The zero-order valence-corrected chi connectivity index (χ0v) is 14.6. The first-order chi connectivity index (χ1) is 11.1. The lowest BCUT2D eigenvalue weighted by Gasteiger charge is -2.44. The zero-order chi connectivity index (χ0) is 16.2. The van der Waals surface area contributed by atoms with Gasteiger partial charge in [0.1, 0.15) is 0 Å². The third-order valence-electron chi connectivity index (χ3n) is 4.83. The molecule has 1 aliphatic carbocycles. The van der Waals surface area contributed by atoms with Crippen molar-refractivity contribution in [1.29, 1.82) is 0 Å². The first-order valence-electron chi connectivity index (χ1n) is 8.22. The first kappa shape index (κ1) is 16.4. The van der Waals surface area contributed by atoms with Crippen LogP contribution in [0.2, 0.25) is 0 Å². The molecule has 1 aromatic rings. The Morgan fingerprint density at radius 2 is 2.00 bits per heavy atom. The number of rotatable bonds is 3. The highest BCUT2D eigenvalue weighted by Gasteiger charge is 2.35. The lowest BCUT2D eigenvalue weighted by Crippen LogP contribution is -2.50. The van der Waals surface area contributed by atoms with Crippen LogP contribution in [0.1, 0.15) is 48.9 Å². The number of aromatic nitrogens is 1. The maximum Gasteiger partial charge on any atom is 0.340 e. The summed E-state index contributed by atoms with van der Waals surface area (Å²) >= 11 is 3.27. The average molecular weight is 381 g/mol. The molecular formula is C17H21BrN2O3. The van der Waals surface area contributed by atoms with Gasteiger partial charge in [0.05, 0.1) is 5.56 Å². The molecule has 0 radical (unpaired) electrons. The number of ether oxygens (including phenoxy) is 1. The fourth-order valence-corrected chi connectivity index (χ4v) is 4.12. The summed E-state index contributed by atoms with van der Waals surface area (Å²) in [5, 5.41) is 0. The van der Waals surface area contributed by atoms with Gasteiger partial charge in [-0.1, -0.05) is 12.8 Å². The van der Waals surface area contributed by atoms with Gasteiger partial charge in [-0.15, -0.1) is 0 Å². The van der Waals surface area contributed by atoms with Crippen molar-refractivity contribution in [2.75, 3.05) is 13.2 Å². The molecule has 2 heterocycles. The van der Waals surface area contributed by atoms with E-state index in [1.54, 1.807) is 12.3 Å². The molecule has 0 spiro atoms. The van der Waals surface area contributed by atoms with Gasteiger partial charge in [0, 0.05) is 29.5 Å². The SMILES string of the molecule is O=C(OCC(=O)N1CCC[C@@H]2CCCC[C@H]21)c1cncc(Br)c1. The van der Waals surface area contributed by atoms with Crippen LogP contribution >= 0.6 is 15.9 Å². The third kappa shape index (κ3) is 3.91. The van der Waals surface area contributed by atoms with Gasteiger partial charge in [-0.05, 0) is 53.6 Å². The molecule has 124 valence electrons. The van der Waals surface area contributed by atoms with Crippen molar-refractivity contribution in [3.8, 4) is 0 Å². The largest absolute Gasteiger partial charge is 0.452 e. The highest BCUT2D eigenvalue weighted by Crippen LogP contribution is 2.35. The molecule has 2 fully saturated rings. The molecule has 3 rings (SSSR count). The summed E-state index contributed by atoms with van der Waals surface area (Å²) in [6.07, 6.45) is 10.1. The van der Waals surface area contributed by atoms with Crippen LogP contribution < -0.4 is 0 Å². The van der Waals surface area contributed by atoms with E-state index in [-0.39, 0.29) is 12.5 Å². The number of nitrogens with zero attached hydrogens (tertiary/aromatic N) is 2. The quantitative estimate of drug-likeness (QED) is 0.755. The van der Waals surface area contributed by atoms with E-state index in [1.165, 1.54) is 31.9 Å². The topological polar surface area (TPSA) is 59.5 Å². The van der Waals surface area contributed by atoms with Gasteiger partial charge in [-0.2, -0.15) is 0 Å². The Hall–Kier alpha value is -1.43. The van der Waals surface area contributed by atoms with Crippen molar-refractivity contribution < 1.29 is 14.3 Å². The highest BCUT2D eigenvalue weighted by molar-refractivity contribution is 9.10. The van der Waals surface area contributed by atoms with Crippen molar-refractivity contribution >= 4 is 27.8 Å². The number of fused-ring (bicyclic) bond motifs is 1. The molecule has 6 heteroatoms. The Balaban J connectivity index is 1.57. The van der Waals surface area contributed by atoms with Gasteiger partial charge in [-0.3, -0.25) is 9.78 Å². The van der Waals surface area contributed by atoms with Gasteiger partial charge in [0.2, 0.25) is 0 Å². The maximum atomic E-state index is 12.5. The van der Waals surface area contributed by atoms with Crippen LogP contribution in [0.3, 0.4) is 0 Å². The molecule has 1 aromatic heterocycles. The Labute approximate surface area is 144 Å². The number of esters is 1. The first-order valence-corrected chi connectivity index (χ1v) is 9.01. The molecule has 0 aromatic carbocycles. The normalized spacial score (nSPS) is 24.0. The lowest BCUT2D eigenvalue weighted by atomic mass is 9.78. The minimum absolute atomic E-state index is 0.0714. The van der Waals surface area contributed by atoms with E-state index >= 15 is 0 Å². The van der Waals surface area contributed by atoms with Crippen molar-refractivity contribution in [3.05, 3.63) is 28.5 Å². The van der Waals surface area contributed by atoms with E-state index in [1.807, 2.05) is 4.90 Å². The Bertz CT molecular complexity index is 591. The van der Waals surface area contributed by atoms with Crippen LogP contribution in [-0.4, -0.2) is 41.0 Å². The molecule has 1 saturated heterocycles. The number of likely N-dealkylation sites (tertiary alicyclic amines) is 1. The van der Waals surface area contributed by atoms with Crippen molar-refractivity contribution in [3.63, 3.8) is 0 Å². The maximum absolute atomic E-state index is 12.5. The van der Waals surface area contributed by atoms with Gasteiger partial charge < -0.3 is 9.64 Å². The van der Waals surface area contributed by atoms with E-state index in [0.717, 1.165) is 19.4 Å². The molecule has 1 saturated carbocycles. The average Bonchev–Trinajstić information content (AvgIpc) is 2.59. The molecule has 2 aliphatic rings. The number of piperidine rings is 1. The fraction of sp³-hybridized carbons (Fsp3) is 0.588. The minimum Gasteiger partial charge on any atom is -0.452 e. The molecule has 1 aliphatic heterocycles. The molecule has 0 N–H and O–H groups in total.